The van der Waals surface area contributed by atoms with Gasteiger partial charge < -0.3 is 10.1 Å². The van der Waals surface area contributed by atoms with Crippen molar-refractivity contribution in [1.29, 1.82) is 0 Å². The number of nitrogens with zero attached hydrogens (tertiary/aromatic N) is 2. The molecule has 1 aromatic heterocycles. The van der Waals surface area contributed by atoms with Crippen molar-refractivity contribution < 1.29 is 9.53 Å². The number of rotatable bonds is 7. The first-order valence-corrected chi connectivity index (χ1v) is 7.19. The van der Waals surface area contributed by atoms with Crippen LogP contribution in [0.2, 0.25) is 0 Å². The van der Waals surface area contributed by atoms with Crippen molar-refractivity contribution in [3.8, 4) is 5.75 Å². The van der Waals surface area contributed by atoms with Crippen LogP contribution in [0.3, 0.4) is 0 Å². The Labute approximate surface area is 124 Å². The maximum atomic E-state index is 12.0. The van der Waals surface area contributed by atoms with E-state index in [9.17, 15) is 4.79 Å². The Morgan fingerprint density at radius 2 is 2.14 bits per heavy atom. The zero-order chi connectivity index (χ0) is 15.1. The average Bonchev–Trinajstić information content (AvgIpc) is 2.92. The number of para-hydroxylation sites is 1. The van der Waals surface area contributed by atoms with Gasteiger partial charge in [-0.3, -0.25) is 9.48 Å². The predicted octanol–water partition coefficient (Wildman–Crippen LogP) is 2.18. The zero-order valence-corrected chi connectivity index (χ0v) is 12.5. The van der Waals surface area contributed by atoms with Crippen molar-refractivity contribution in [2.45, 2.75) is 19.8 Å². The summed E-state index contributed by atoms with van der Waals surface area (Å²) in [4.78, 5) is 12.0. The molecule has 2 aromatic rings. The topological polar surface area (TPSA) is 56.1 Å². The largest absolute Gasteiger partial charge is 0.493 e. The minimum atomic E-state index is -0.109. The average molecular weight is 287 g/mol. The predicted molar refractivity (Wildman–Crippen MR) is 81.5 cm³/mol. The molecule has 0 aliphatic carbocycles. The van der Waals surface area contributed by atoms with Gasteiger partial charge >= 0.3 is 0 Å². The van der Waals surface area contributed by atoms with Gasteiger partial charge in [0.25, 0.3) is 5.91 Å². The first-order valence-electron chi connectivity index (χ1n) is 7.19. The molecule has 0 fully saturated rings. The van der Waals surface area contributed by atoms with Crippen LogP contribution < -0.4 is 10.1 Å². The van der Waals surface area contributed by atoms with Crippen molar-refractivity contribution in [2.75, 3.05) is 13.2 Å². The van der Waals surface area contributed by atoms with E-state index in [1.54, 1.807) is 24.0 Å². The monoisotopic (exact) mass is 287 g/mol. The van der Waals surface area contributed by atoms with Gasteiger partial charge in [-0.1, -0.05) is 25.1 Å². The van der Waals surface area contributed by atoms with Crippen LogP contribution >= 0.6 is 0 Å². The Balaban J connectivity index is 1.89. The number of carbonyl (C=O) groups is 1. The normalized spacial score (nSPS) is 10.4. The van der Waals surface area contributed by atoms with Gasteiger partial charge in [-0.05, 0) is 30.5 Å². The lowest BCUT2D eigenvalue weighted by atomic mass is 10.1. The van der Waals surface area contributed by atoms with E-state index in [2.05, 4.69) is 17.3 Å². The minimum absolute atomic E-state index is 0.109. The molecule has 1 heterocycles. The van der Waals surface area contributed by atoms with E-state index in [0.29, 0.717) is 18.8 Å². The van der Waals surface area contributed by atoms with Crippen molar-refractivity contribution in [1.82, 2.24) is 15.1 Å². The first kappa shape index (κ1) is 15.1. The maximum Gasteiger partial charge on any atom is 0.269 e. The summed E-state index contributed by atoms with van der Waals surface area (Å²) in [5.41, 5.74) is 1.67. The van der Waals surface area contributed by atoms with E-state index in [1.165, 1.54) is 0 Å². The second-order valence-corrected chi connectivity index (χ2v) is 4.80. The van der Waals surface area contributed by atoms with Crippen LogP contribution in [0, 0.1) is 0 Å². The highest BCUT2D eigenvalue weighted by atomic mass is 16.5. The van der Waals surface area contributed by atoms with Crippen molar-refractivity contribution in [3.63, 3.8) is 0 Å². The molecule has 0 aliphatic heterocycles. The molecule has 0 aliphatic rings. The quantitative estimate of drug-likeness (QED) is 0.849. The molecule has 2 rings (SSSR count). The van der Waals surface area contributed by atoms with E-state index >= 15 is 0 Å². The number of aryl methyl sites for hydroxylation is 1. The van der Waals surface area contributed by atoms with Gasteiger partial charge in [0.2, 0.25) is 0 Å². The summed E-state index contributed by atoms with van der Waals surface area (Å²) in [5, 5.41) is 6.89. The standard InChI is InChI=1S/C16H21N3O2/c1-3-12-21-15-7-5-4-6-13(15)8-10-17-16(20)14-9-11-18-19(14)2/h4-7,9,11H,3,8,10,12H2,1-2H3,(H,17,20). The summed E-state index contributed by atoms with van der Waals surface area (Å²) in [7, 11) is 1.75. The van der Waals surface area contributed by atoms with Crippen LogP contribution in [0.15, 0.2) is 36.5 Å². The minimum Gasteiger partial charge on any atom is -0.493 e. The molecular weight excluding hydrogens is 266 g/mol. The van der Waals surface area contributed by atoms with E-state index in [-0.39, 0.29) is 5.91 Å². The lowest BCUT2D eigenvalue weighted by Gasteiger charge is -2.11. The maximum absolute atomic E-state index is 12.0. The highest BCUT2D eigenvalue weighted by Crippen LogP contribution is 2.18. The highest BCUT2D eigenvalue weighted by molar-refractivity contribution is 5.92. The van der Waals surface area contributed by atoms with E-state index in [4.69, 9.17) is 4.74 Å². The molecule has 0 unspecified atom stereocenters. The van der Waals surface area contributed by atoms with E-state index < -0.39 is 0 Å². The number of aromatic nitrogens is 2. The summed E-state index contributed by atoms with van der Waals surface area (Å²) in [6.07, 6.45) is 3.33. The molecule has 0 saturated heterocycles. The second-order valence-electron chi connectivity index (χ2n) is 4.80. The summed E-state index contributed by atoms with van der Waals surface area (Å²) in [6, 6.07) is 9.64. The van der Waals surface area contributed by atoms with Crippen LogP contribution in [-0.2, 0) is 13.5 Å². The van der Waals surface area contributed by atoms with Crippen LogP contribution in [0.4, 0.5) is 0 Å². The van der Waals surface area contributed by atoms with Gasteiger partial charge in [0, 0.05) is 19.8 Å². The molecule has 5 heteroatoms. The van der Waals surface area contributed by atoms with Crippen LogP contribution in [0.25, 0.3) is 0 Å². The molecule has 5 nitrogen and oxygen atoms in total. The molecule has 1 aromatic carbocycles. The van der Waals surface area contributed by atoms with Gasteiger partial charge in [0.05, 0.1) is 6.61 Å². The van der Waals surface area contributed by atoms with Crippen LogP contribution in [0.5, 0.6) is 5.75 Å². The van der Waals surface area contributed by atoms with E-state index in [1.807, 2.05) is 24.3 Å². The smallest absolute Gasteiger partial charge is 0.269 e. The molecule has 0 radical (unpaired) electrons. The number of amides is 1. The van der Waals surface area contributed by atoms with Crippen molar-refractivity contribution in [2.24, 2.45) is 7.05 Å². The Hall–Kier alpha value is -2.30. The summed E-state index contributed by atoms with van der Waals surface area (Å²) in [5.74, 6) is 0.788. The molecule has 0 bridgehead atoms. The fraction of sp³-hybridized carbons (Fsp3) is 0.375. The number of nitrogens with one attached hydrogen (secondary N) is 1. The number of hydrogen-bond acceptors (Lipinski definition) is 3. The summed E-state index contributed by atoms with van der Waals surface area (Å²) < 4.78 is 7.27. The van der Waals surface area contributed by atoms with Gasteiger partial charge in [-0.2, -0.15) is 5.10 Å². The Morgan fingerprint density at radius 3 is 2.86 bits per heavy atom. The first-order chi connectivity index (χ1) is 10.2. The van der Waals surface area contributed by atoms with Crippen molar-refractivity contribution >= 4 is 5.91 Å². The van der Waals surface area contributed by atoms with Crippen LogP contribution in [0.1, 0.15) is 29.4 Å². The molecule has 0 saturated carbocycles. The summed E-state index contributed by atoms with van der Waals surface area (Å²) >= 11 is 0. The van der Waals surface area contributed by atoms with Gasteiger partial charge in [0.1, 0.15) is 11.4 Å². The zero-order valence-electron chi connectivity index (χ0n) is 12.5. The van der Waals surface area contributed by atoms with E-state index in [0.717, 1.165) is 24.2 Å². The molecule has 21 heavy (non-hydrogen) atoms. The molecule has 0 atom stereocenters. The molecule has 0 spiro atoms. The van der Waals surface area contributed by atoms with Gasteiger partial charge in [0.15, 0.2) is 0 Å². The Kier molecular flexibility index (Phi) is 5.37. The van der Waals surface area contributed by atoms with Gasteiger partial charge in [-0.25, -0.2) is 0 Å². The second kappa shape index (κ2) is 7.47. The van der Waals surface area contributed by atoms with Crippen LogP contribution in [-0.4, -0.2) is 28.8 Å². The lowest BCUT2D eigenvalue weighted by molar-refractivity contribution is 0.0944. The number of carbonyl (C=O) groups excluding carboxylic acids is 1. The molecule has 1 N–H and O–H groups in total. The molecule has 1 amide bonds. The number of benzene rings is 1. The highest BCUT2D eigenvalue weighted by Gasteiger charge is 2.09. The Morgan fingerprint density at radius 1 is 1.33 bits per heavy atom. The summed E-state index contributed by atoms with van der Waals surface area (Å²) in [6.45, 7) is 3.35. The fourth-order valence-corrected chi connectivity index (χ4v) is 2.06. The number of ether oxygens (including phenoxy) is 1. The SMILES string of the molecule is CCCOc1ccccc1CCNC(=O)c1ccnn1C. The number of hydrogen-bond donors (Lipinski definition) is 1. The Bertz CT molecular complexity index is 593. The van der Waals surface area contributed by atoms with Crippen molar-refractivity contribution in [3.05, 3.63) is 47.8 Å². The third-order valence-corrected chi connectivity index (χ3v) is 3.17. The molecular formula is C16H21N3O2. The third-order valence-electron chi connectivity index (χ3n) is 3.17. The molecule has 112 valence electrons. The lowest BCUT2D eigenvalue weighted by Crippen LogP contribution is -2.27. The fourth-order valence-electron chi connectivity index (χ4n) is 2.06. The van der Waals surface area contributed by atoms with Gasteiger partial charge in [-0.15, -0.1) is 0 Å². The third kappa shape index (κ3) is 4.08.